The topological polar surface area (TPSA) is 24.1 Å². The normalized spacial score (nSPS) is 13.3. The van der Waals surface area contributed by atoms with Gasteiger partial charge in [0.2, 0.25) is 0 Å². The summed E-state index contributed by atoms with van der Waals surface area (Å²) in [7, 11) is 0. The molecule has 1 heterocycles. The lowest BCUT2D eigenvalue weighted by Gasteiger charge is -2.05. The quantitative estimate of drug-likeness (QED) is 0.563. The third-order valence-corrected chi connectivity index (χ3v) is 2.76. The molecule has 2 nitrogen and oxygen atoms in total. The van der Waals surface area contributed by atoms with Crippen molar-refractivity contribution in [1.82, 2.24) is 5.32 Å². The molecule has 1 aliphatic heterocycles. The Labute approximate surface area is 91.4 Å². The van der Waals surface area contributed by atoms with E-state index in [9.17, 15) is 0 Å². The number of hydrogen-bond donors (Lipinski definition) is 2. The van der Waals surface area contributed by atoms with Crippen LogP contribution in [0.1, 0.15) is 11.1 Å². The fourth-order valence-corrected chi connectivity index (χ4v) is 1.95. The van der Waals surface area contributed by atoms with E-state index in [4.69, 9.17) is 0 Å². The van der Waals surface area contributed by atoms with E-state index in [1.807, 2.05) is 6.08 Å². The first-order valence-electron chi connectivity index (χ1n) is 5.57. The van der Waals surface area contributed by atoms with E-state index < -0.39 is 0 Å². The molecule has 1 aliphatic rings. The van der Waals surface area contributed by atoms with Crippen LogP contribution in [0.25, 0.3) is 0 Å². The zero-order valence-corrected chi connectivity index (χ0v) is 9.05. The standard InChI is InChI=1S/C13H18N2/c1-2-7-14-8-5-11-3-4-13-12(10-11)6-9-15-13/h2-4,10,14-15H,1,5-9H2. The molecule has 0 amide bonds. The van der Waals surface area contributed by atoms with Gasteiger partial charge in [-0.2, -0.15) is 0 Å². The third kappa shape index (κ3) is 2.60. The van der Waals surface area contributed by atoms with Crippen LogP contribution in [0.3, 0.4) is 0 Å². The van der Waals surface area contributed by atoms with Crippen molar-refractivity contribution in [1.29, 1.82) is 0 Å². The molecule has 0 fully saturated rings. The van der Waals surface area contributed by atoms with Crippen molar-refractivity contribution in [2.24, 2.45) is 0 Å². The third-order valence-electron chi connectivity index (χ3n) is 2.76. The predicted molar refractivity (Wildman–Crippen MR) is 65.4 cm³/mol. The summed E-state index contributed by atoms with van der Waals surface area (Å²) in [5, 5.41) is 6.69. The van der Waals surface area contributed by atoms with Crippen molar-refractivity contribution in [3.8, 4) is 0 Å². The van der Waals surface area contributed by atoms with Crippen LogP contribution < -0.4 is 10.6 Å². The second-order valence-corrected chi connectivity index (χ2v) is 3.91. The summed E-state index contributed by atoms with van der Waals surface area (Å²) in [5.41, 5.74) is 4.21. The summed E-state index contributed by atoms with van der Waals surface area (Å²) >= 11 is 0. The van der Waals surface area contributed by atoms with Gasteiger partial charge in [-0.3, -0.25) is 0 Å². The Balaban J connectivity index is 1.89. The van der Waals surface area contributed by atoms with Crippen molar-refractivity contribution in [3.05, 3.63) is 42.0 Å². The van der Waals surface area contributed by atoms with Crippen LogP contribution in [-0.4, -0.2) is 19.6 Å². The molecule has 1 aromatic rings. The maximum absolute atomic E-state index is 3.68. The van der Waals surface area contributed by atoms with Gasteiger partial charge in [0.1, 0.15) is 0 Å². The number of fused-ring (bicyclic) bond motifs is 1. The minimum atomic E-state index is 0.895. The van der Waals surface area contributed by atoms with Crippen molar-refractivity contribution in [2.75, 3.05) is 25.0 Å². The lowest BCUT2D eigenvalue weighted by atomic mass is 10.1. The van der Waals surface area contributed by atoms with Crippen molar-refractivity contribution in [3.63, 3.8) is 0 Å². The van der Waals surface area contributed by atoms with Crippen molar-refractivity contribution < 1.29 is 0 Å². The molecule has 2 N–H and O–H groups in total. The smallest absolute Gasteiger partial charge is 0.0373 e. The molecule has 0 unspecified atom stereocenters. The van der Waals surface area contributed by atoms with Gasteiger partial charge in [-0.25, -0.2) is 0 Å². The second-order valence-electron chi connectivity index (χ2n) is 3.91. The first-order chi connectivity index (χ1) is 7.40. The second kappa shape index (κ2) is 4.99. The van der Waals surface area contributed by atoms with E-state index in [2.05, 4.69) is 35.4 Å². The Morgan fingerprint density at radius 1 is 1.47 bits per heavy atom. The lowest BCUT2D eigenvalue weighted by molar-refractivity contribution is 0.745. The highest BCUT2D eigenvalue weighted by Crippen LogP contribution is 2.22. The minimum Gasteiger partial charge on any atom is -0.384 e. The lowest BCUT2D eigenvalue weighted by Crippen LogP contribution is -2.16. The molecular formula is C13H18N2. The first-order valence-corrected chi connectivity index (χ1v) is 5.57. The average molecular weight is 202 g/mol. The molecule has 2 rings (SSSR count). The summed E-state index contributed by atoms with van der Waals surface area (Å²) in [6, 6.07) is 6.74. The molecule has 80 valence electrons. The molecule has 0 aromatic heterocycles. The highest BCUT2D eigenvalue weighted by molar-refractivity contribution is 5.56. The van der Waals surface area contributed by atoms with E-state index in [0.717, 1.165) is 26.1 Å². The summed E-state index contributed by atoms with van der Waals surface area (Å²) in [6.07, 6.45) is 4.16. The van der Waals surface area contributed by atoms with Crippen LogP contribution >= 0.6 is 0 Å². The number of hydrogen-bond acceptors (Lipinski definition) is 2. The number of benzene rings is 1. The summed E-state index contributed by atoms with van der Waals surface area (Å²) in [6.45, 7) is 6.69. The van der Waals surface area contributed by atoms with E-state index in [0.29, 0.717) is 0 Å². The average Bonchev–Trinajstić information content (AvgIpc) is 2.71. The molecular weight excluding hydrogens is 184 g/mol. The molecule has 0 saturated heterocycles. The maximum Gasteiger partial charge on any atom is 0.0373 e. The zero-order chi connectivity index (χ0) is 10.5. The molecule has 0 saturated carbocycles. The Morgan fingerprint density at radius 3 is 3.27 bits per heavy atom. The van der Waals surface area contributed by atoms with Gasteiger partial charge in [-0.05, 0) is 36.6 Å². The van der Waals surface area contributed by atoms with Crippen LogP contribution in [0.5, 0.6) is 0 Å². The molecule has 0 spiro atoms. The van der Waals surface area contributed by atoms with Crippen LogP contribution in [0.15, 0.2) is 30.9 Å². The van der Waals surface area contributed by atoms with E-state index in [-0.39, 0.29) is 0 Å². The molecule has 0 aliphatic carbocycles. The van der Waals surface area contributed by atoms with Crippen molar-refractivity contribution in [2.45, 2.75) is 12.8 Å². The summed E-state index contributed by atoms with van der Waals surface area (Å²) in [5.74, 6) is 0. The summed E-state index contributed by atoms with van der Waals surface area (Å²) in [4.78, 5) is 0. The Morgan fingerprint density at radius 2 is 2.40 bits per heavy atom. The van der Waals surface area contributed by atoms with Gasteiger partial charge in [-0.1, -0.05) is 18.2 Å². The zero-order valence-electron chi connectivity index (χ0n) is 9.05. The Hall–Kier alpha value is -1.28. The molecule has 2 heteroatoms. The number of anilines is 1. The van der Waals surface area contributed by atoms with Crippen LogP contribution in [0, 0.1) is 0 Å². The summed E-state index contributed by atoms with van der Waals surface area (Å²) < 4.78 is 0. The van der Waals surface area contributed by atoms with Crippen LogP contribution in [0.4, 0.5) is 5.69 Å². The van der Waals surface area contributed by atoms with Gasteiger partial charge in [0.05, 0.1) is 0 Å². The largest absolute Gasteiger partial charge is 0.384 e. The Kier molecular flexibility index (Phi) is 3.41. The molecule has 15 heavy (non-hydrogen) atoms. The molecule has 1 aromatic carbocycles. The monoisotopic (exact) mass is 202 g/mol. The van der Waals surface area contributed by atoms with Gasteiger partial charge in [0, 0.05) is 18.8 Å². The SMILES string of the molecule is C=CCNCCc1ccc2c(c1)CCN2. The predicted octanol–water partition coefficient (Wildman–Crippen LogP) is 1.97. The van der Waals surface area contributed by atoms with Crippen molar-refractivity contribution >= 4 is 5.69 Å². The van der Waals surface area contributed by atoms with E-state index in [1.165, 1.54) is 23.2 Å². The highest BCUT2D eigenvalue weighted by Gasteiger charge is 2.09. The van der Waals surface area contributed by atoms with Gasteiger partial charge in [0.25, 0.3) is 0 Å². The van der Waals surface area contributed by atoms with Gasteiger partial charge in [-0.15, -0.1) is 6.58 Å². The van der Waals surface area contributed by atoms with Gasteiger partial charge < -0.3 is 10.6 Å². The fourth-order valence-electron chi connectivity index (χ4n) is 1.95. The maximum atomic E-state index is 3.68. The molecule has 0 bridgehead atoms. The number of rotatable bonds is 5. The van der Waals surface area contributed by atoms with E-state index >= 15 is 0 Å². The number of nitrogens with one attached hydrogen (secondary N) is 2. The Bertz CT molecular complexity index is 344. The highest BCUT2D eigenvalue weighted by atomic mass is 14.9. The van der Waals surface area contributed by atoms with E-state index in [1.54, 1.807) is 0 Å². The van der Waals surface area contributed by atoms with Crippen LogP contribution in [0.2, 0.25) is 0 Å². The minimum absolute atomic E-state index is 0.895. The molecule has 0 atom stereocenters. The van der Waals surface area contributed by atoms with Gasteiger partial charge >= 0.3 is 0 Å². The molecule has 0 radical (unpaired) electrons. The van der Waals surface area contributed by atoms with Gasteiger partial charge in [0.15, 0.2) is 0 Å². The van der Waals surface area contributed by atoms with Crippen LogP contribution in [-0.2, 0) is 12.8 Å². The fraction of sp³-hybridized carbons (Fsp3) is 0.385. The first kappa shape index (κ1) is 10.2.